The molecule has 1 saturated heterocycles. The van der Waals surface area contributed by atoms with Crippen molar-refractivity contribution in [2.45, 2.75) is 18.9 Å². The lowest BCUT2D eigenvalue weighted by Crippen LogP contribution is -2.27. The summed E-state index contributed by atoms with van der Waals surface area (Å²) < 4.78 is 0. The first-order valence-corrected chi connectivity index (χ1v) is 7.69. The van der Waals surface area contributed by atoms with Crippen LogP contribution in [0.25, 0.3) is 10.8 Å². The number of fused-ring (bicyclic) bond motifs is 1. The van der Waals surface area contributed by atoms with Gasteiger partial charge in [-0.05, 0) is 34.9 Å². The van der Waals surface area contributed by atoms with Gasteiger partial charge in [0.05, 0.1) is 6.04 Å². The van der Waals surface area contributed by atoms with Crippen LogP contribution < -0.4 is 4.90 Å². The molecule has 2 nitrogen and oxygen atoms in total. The molecule has 3 aromatic rings. The van der Waals surface area contributed by atoms with Crippen molar-refractivity contribution >= 4 is 22.4 Å². The Kier molecular flexibility index (Phi) is 3.15. The summed E-state index contributed by atoms with van der Waals surface area (Å²) in [6, 6.07) is 25.0. The maximum absolute atomic E-state index is 12.4. The molecule has 3 aromatic carbocycles. The highest BCUT2D eigenvalue weighted by molar-refractivity contribution is 5.98. The number of nitrogens with zero attached hydrogens (tertiary/aromatic N) is 1. The summed E-state index contributed by atoms with van der Waals surface area (Å²) in [7, 11) is 0. The van der Waals surface area contributed by atoms with Crippen molar-refractivity contribution in [3.8, 4) is 0 Å². The van der Waals surface area contributed by atoms with Crippen LogP contribution in [-0.2, 0) is 4.79 Å². The molecule has 1 unspecified atom stereocenters. The predicted molar refractivity (Wildman–Crippen MR) is 89.9 cm³/mol. The van der Waals surface area contributed by atoms with E-state index in [1.54, 1.807) is 0 Å². The molecule has 0 aliphatic carbocycles. The summed E-state index contributed by atoms with van der Waals surface area (Å²) >= 11 is 0. The lowest BCUT2D eigenvalue weighted by atomic mass is 10.0. The molecule has 1 atom stereocenters. The van der Waals surface area contributed by atoms with Gasteiger partial charge in [0, 0.05) is 12.1 Å². The van der Waals surface area contributed by atoms with Crippen LogP contribution in [0.15, 0.2) is 72.8 Å². The summed E-state index contributed by atoms with van der Waals surface area (Å²) in [4.78, 5) is 14.4. The van der Waals surface area contributed by atoms with E-state index < -0.39 is 0 Å². The van der Waals surface area contributed by atoms with Crippen LogP contribution in [0.1, 0.15) is 24.4 Å². The Bertz CT molecular complexity index is 825. The number of carbonyl (C=O) groups is 1. The number of rotatable bonds is 2. The van der Waals surface area contributed by atoms with E-state index in [1.165, 1.54) is 16.3 Å². The van der Waals surface area contributed by atoms with E-state index in [0.717, 1.165) is 12.1 Å². The highest BCUT2D eigenvalue weighted by atomic mass is 16.2. The highest BCUT2D eigenvalue weighted by Gasteiger charge is 2.33. The second-order valence-electron chi connectivity index (χ2n) is 5.76. The summed E-state index contributed by atoms with van der Waals surface area (Å²) in [5, 5.41) is 2.38. The third kappa shape index (κ3) is 2.17. The van der Waals surface area contributed by atoms with Crippen LogP contribution in [0.5, 0.6) is 0 Å². The topological polar surface area (TPSA) is 20.3 Å². The first-order valence-electron chi connectivity index (χ1n) is 7.69. The predicted octanol–water partition coefficient (Wildman–Crippen LogP) is 4.71. The van der Waals surface area contributed by atoms with E-state index >= 15 is 0 Å². The first-order chi connectivity index (χ1) is 10.8. The Morgan fingerprint density at radius 2 is 1.55 bits per heavy atom. The van der Waals surface area contributed by atoms with Gasteiger partial charge in [0.25, 0.3) is 0 Å². The fourth-order valence-corrected chi connectivity index (χ4v) is 3.32. The first kappa shape index (κ1) is 13.1. The zero-order valence-corrected chi connectivity index (χ0v) is 12.3. The van der Waals surface area contributed by atoms with Gasteiger partial charge in [-0.25, -0.2) is 0 Å². The van der Waals surface area contributed by atoms with E-state index in [2.05, 4.69) is 42.5 Å². The van der Waals surface area contributed by atoms with Crippen molar-refractivity contribution in [3.63, 3.8) is 0 Å². The van der Waals surface area contributed by atoms with Gasteiger partial charge in [0.1, 0.15) is 0 Å². The van der Waals surface area contributed by atoms with Crippen molar-refractivity contribution in [1.82, 2.24) is 0 Å². The number of anilines is 1. The van der Waals surface area contributed by atoms with E-state index in [-0.39, 0.29) is 11.9 Å². The molecule has 1 aliphatic rings. The van der Waals surface area contributed by atoms with Gasteiger partial charge < -0.3 is 4.90 Å². The minimum atomic E-state index is 0.148. The molecule has 0 spiro atoms. The Morgan fingerprint density at radius 3 is 2.36 bits per heavy atom. The van der Waals surface area contributed by atoms with Gasteiger partial charge in [-0.15, -0.1) is 0 Å². The second-order valence-corrected chi connectivity index (χ2v) is 5.76. The third-order valence-corrected chi connectivity index (χ3v) is 4.41. The van der Waals surface area contributed by atoms with Crippen LogP contribution in [0.4, 0.5) is 5.69 Å². The Labute approximate surface area is 130 Å². The molecule has 4 rings (SSSR count). The SMILES string of the molecule is O=C1CCC(c2ccccc2)N1c1ccc2ccccc2c1. The Morgan fingerprint density at radius 1 is 0.818 bits per heavy atom. The van der Waals surface area contributed by atoms with E-state index in [9.17, 15) is 4.79 Å². The van der Waals surface area contributed by atoms with Gasteiger partial charge in [-0.2, -0.15) is 0 Å². The molecule has 0 radical (unpaired) electrons. The molecular weight excluding hydrogens is 270 g/mol. The van der Waals surface area contributed by atoms with Gasteiger partial charge in [0.2, 0.25) is 5.91 Å². The van der Waals surface area contributed by atoms with Crippen molar-refractivity contribution in [3.05, 3.63) is 78.4 Å². The summed E-state index contributed by atoms with van der Waals surface area (Å²) in [6.07, 6.45) is 1.50. The van der Waals surface area contributed by atoms with Crippen molar-refractivity contribution in [2.24, 2.45) is 0 Å². The van der Waals surface area contributed by atoms with Crippen molar-refractivity contribution < 1.29 is 4.79 Å². The quantitative estimate of drug-likeness (QED) is 0.668. The summed E-state index contributed by atoms with van der Waals surface area (Å²) in [5.41, 5.74) is 2.21. The van der Waals surface area contributed by atoms with Gasteiger partial charge in [-0.1, -0.05) is 60.7 Å². The Hall–Kier alpha value is -2.61. The molecule has 0 N–H and O–H groups in total. The number of hydrogen-bond donors (Lipinski definition) is 0. The van der Waals surface area contributed by atoms with E-state index in [1.807, 2.05) is 35.2 Å². The molecule has 1 amide bonds. The van der Waals surface area contributed by atoms with Gasteiger partial charge >= 0.3 is 0 Å². The normalized spacial score (nSPS) is 18.1. The molecule has 0 bridgehead atoms. The summed E-state index contributed by atoms with van der Waals surface area (Å²) in [5.74, 6) is 0.212. The van der Waals surface area contributed by atoms with Crippen molar-refractivity contribution in [1.29, 1.82) is 0 Å². The Balaban J connectivity index is 1.78. The molecule has 1 heterocycles. The zero-order chi connectivity index (χ0) is 14.9. The fraction of sp³-hybridized carbons (Fsp3) is 0.150. The van der Waals surface area contributed by atoms with E-state index in [0.29, 0.717) is 6.42 Å². The number of carbonyl (C=O) groups excluding carboxylic acids is 1. The molecule has 1 aliphatic heterocycles. The fourth-order valence-electron chi connectivity index (χ4n) is 3.32. The molecule has 0 aromatic heterocycles. The maximum atomic E-state index is 12.4. The molecular formula is C20H17NO. The standard InChI is InChI=1S/C20H17NO/c22-20-13-12-19(16-7-2-1-3-8-16)21(20)18-11-10-15-6-4-5-9-17(15)14-18/h1-11,14,19H,12-13H2. The lowest BCUT2D eigenvalue weighted by Gasteiger charge is -2.25. The monoisotopic (exact) mass is 287 g/mol. The minimum Gasteiger partial charge on any atom is -0.305 e. The molecule has 0 saturated carbocycles. The van der Waals surface area contributed by atoms with Crippen LogP contribution in [0.3, 0.4) is 0 Å². The van der Waals surface area contributed by atoms with Crippen LogP contribution in [0.2, 0.25) is 0 Å². The smallest absolute Gasteiger partial charge is 0.227 e. The van der Waals surface area contributed by atoms with Crippen molar-refractivity contribution in [2.75, 3.05) is 4.90 Å². The molecule has 108 valence electrons. The van der Waals surface area contributed by atoms with Crippen LogP contribution >= 0.6 is 0 Å². The highest BCUT2D eigenvalue weighted by Crippen LogP contribution is 2.37. The third-order valence-electron chi connectivity index (χ3n) is 4.41. The van der Waals surface area contributed by atoms with Crippen LogP contribution in [-0.4, -0.2) is 5.91 Å². The van der Waals surface area contributed by atoms with Gasteiger partial charge in [0.15, 0.2) is 0 Å². The average molecular weight is 287 g/mol. The number of hydrogen-bond acceptors (Lipinski definition) is 1. The number of amides is 1. The van der Waals surface area contributed by atoms with Gasteiger partial charge in [-0.3, -0.25) is 4.79 Å². The molecule has 2 heteroatoms. The lowest BCUT2D eigenvalue weighted by molar-refractivity contribution is -0.117. The number of benzene rings is 3. The minimum absolute atomic E-state index is 0.148. The van der Waals surface area contributed by atoms with Crippen LogP contribution in [0, 0.1) is 0 Å². The maximum Gasteiger partial charge on any atom is 0.227 e. The second kappa shape index (κ2) is 5.30. The zero-order valence-electron chi connectivity index (χ0n) is 12.3. The largest absolute Gasteiger partial charge is 0.305 e. The van der Waals surface area contributed by atoms with E-state index in [4.69, 9.17) is 0 Å². The average Bonchev–Trinajstić information content (AvgIpc) is 2.97. The summed E-state index contributed by atoms with van der Waals surface area (Å²) in [6.45, 7) is 0. The molecule has 1 fully saturated rings. The molecule has 22 heavy (non-hydrogen) atoms.